The smallest absolute Gasteiger partial charge is 0.264 e. The molecule has 2 rings (SSSR count). The number of rotatable bonds is 1. The van der Waals surface area contributed by atoms with Gasteiger partial charge in [-0.15, -0.1) is 0 Å². The van der Waals surface area contributed by atoms with Crippen LogP contribution in [0.4, 0.5) is 0 Å². The van der Waals surface area contributed by atoms with Crippen LogP contribution in [-0.4, -0.2) is 10.1 Å². The van der Waals surface area contributed by atoms with Gasteiger partial charge in [-0.3, -0.25) is 0 Å². The zero-order chi connectivity index (χ0) is 10.1. The number of aryl methyl sites for hydroxylation is 2. The average Bonchev–Trinajstić information content (AvgIpc) is 2.51. The molecule has 3 nitrogen and oxygen atoms in total. The van der Waals surface area contributed by atoms with Crippen LogP contribution in [0.5, 0.6) is 0 Å². The molecule has 4 heteroatoms. The van der Waals surface area contributed by atoms with Gasteiger partial charge in [0.1, 0.15) is 0 Å². The largest absolute Gasteiger partial charge is 0.333 e. The van der Waals surface area contributed by atoms with Crippen molar-refractivity contribution < 1.29 is 4.52 Å². The molecule has 0 aliphatic carbocycles. The van der Waals surface area contributed by atoms with Crippen molar-refractivity contribution in [2.24, 2.45) is 0 Å². The van der Waals surface area contributed by atoms with Crippen LogP contribution in [0, 0.1) is 13.8 Å². The molecule has 0 radical (unpaired) electrons. The minimum Gasteiger partial charge on any atom is -0.333 e. The van der Waals surface area contributed by atoms with Crippen molar-refractivity contribution in [1.29, 1.82) is 0 Å². The Morgan fingerprint density at radius 2 is 1.86 bits per heavy atom. The highest BCUT2D eigenvalue weighted by atomic mass is 35.5. The van der Waals surface area contributed by atoms with E-state index < -0.39 is 0 Å². The fourth-order valence-electron chi connectivity index (χ4n) is 1.46. The second-order valence-electron chi connectivity index (χ2n) is 3.14. The summed E-state index contributed by atoms with van der Waals surface area (Å²) in [4.78, 5) is 3.99. The van der Waals surface area contributed by atoms with Crippen molar-refractivity contribution in [1.82, 2.24) is 10.1 Å². The Balaban J connectivity index is 2.61. The Bertz CT molecular complexity index is 445. The van der Waals surface area contributed by atoms with Gasteiger partial charge in [-0.25, -0.2) is 0 Å². The lowest BCUT2D eigenvalue weighted by Crippen LogP contribution is -1.87. The number of nitrogens with zero attached hydrogens (tertiary/aromatic N) is 2. The van der Waals surface area contributed by atoms with Gasteiger partial charge in [-0.05, 0) is 41.7 Å². The third kappa shape index (κ3) is 1.51. The molecule has 0 fully saturated rings. The summed E-state index contributed by atoms with van der Waals surface area (Å²) in [5, 5.41) is 3.70. The lowest BCUT2D eigenvalue weighted by molar-refractivity contribution is 0.430. The molecule has 1 heterocycles. The molecule has 72 valence electrons. The predicted octanol–water partition coefficient (Wildman–Crippen LogP) is 3.01. The van der Waals surface area contributed by atoms with E-state index in [4.69, 9.17) is 16.1 Å². The standard InChI is InChI=1S/C10H9ClN2O/c1-6-4-3-5-7(2)8(6)9-12-10(11)13-14-9/h3-5H,1-2H3. The first kappa shape index (κ1) is 9.21. The maximum atomic E-state index is 5.60. The topological polar surface area (TPSA) is 38.9 Å². The minimum atomic E-state index is 0.141. The summed E-state index contributed by atoms with van der Waals surface area (Å²) >= 11 is 5.60. The van der Waals surface area contributed by atoms with E-state index in [2.05, 4.69) is 10.1 Å². The van der Waals surface area contributed by atoms with Gasteiger partial charge in [-0.2, -0.15) is 4.98 Å². The summed E-state index contributed by atoms with van der Waals surface area (Å²) in [5.41, 5.74) is 3.17. The highest BCUT2D eigenvalue weighted by Gasteiger charge is 2.11. The van der Waals surface area contributed by atoms with Crippen molar-refractivity contribution in [3.63, 3.8) is 0 Å². The molecule has 1 aromatic carbocycles. The zero-order valence-corrected chi connectivity index (χ0v) is 8.67. The Labute approximate surface area is 86.7 Å². The van der Waals surface area contributed by atoms with Crippen LogP contribution in [0.3, 0.4) is 0 Å². The van der Waals surface area contributed by atoms with Crippen molar-refractivity contribution in [2.75, 3.05) is 0 Å². The molecular weight excluding hydrogens is 200 g/mol. The summed E-state index contributed by atoms with van der Waals surface area (Å²) in [5.74, 6) is 0.477. The summed E-state index contributed by atoms with van der Waals surface area (Å²) < 4.78 is 5.02. The predicted molar refractivity (Wildman–Crippen MR) is 54.2 cm³/mol. The molecule has 0 aliphatic rings. The van der Waals surface area contributed by atoms with Crippen LogP contribution >= 0.6 is 11.6 Å². The average molecular weight is 209 g/mol. The van der Waals surface area contributed by atoms with Gasteiger partial charge in [0.05, 0.1) is 0 Å². The summed E-state index contributed by atoms with van der Waals surface area (Å²) in [6.45, 7) is 4.00. The van der Waals surface area contributed by atoms with Gasteiger partial charge in [-0.1, -0.05) is 18.2 Å². The normalized spacial score (nSPS) is 10.5. The van der Waals surface area contributed by atoms with Crippen molar-refractivity contribution in [3.05, 3.63) is 34.6 Å². The van der Waals surface area contributed by atoms with Crippen LogP contribution in [0.1, 0.15) is 11.1 Å². The SMILES string of the molecule is Cc1cccc(C)c1-c1nc(Cl)no1. The second kappa shape index (κ2) is 3.42. The highest BCUT2D eigenvalue weighted by Crippen LogP contribution is 2.25. The monoisotopic (exact) mass is 208 g/mol. The molecule has 0 saturated heterocycles. The lowest BCUT2D eigenvalue weighted by Gasteiger charge is -2.03. The van der Waals surface area contributed by atoms with Crippen LogP contribution in [0.2, 0.25) is 5.28 Å². The molecule has 0 unspecified atom stereocenters. The summed E-state index contributed by atoms with van der Waals surface area (Å²) in [7, 11) is 0. The Kier molecular flexibility index (Phi) is 2.25. The first-order valence-electron chi connectivity index (χ1n) is 4.24. The van der Waals surface area contributed by atoms with Crippen LogP contribution in [0.25, 0.3) is 11.5 Å². The van der Waals surface area contributed by atoms with E-state index in [9.17, 15) is 0 Å². The molecule has 0 saturated carbocycles. The van der Waals surface area contributed by atoms with Gasteiger partial charge < -0.3 is 4.52 Å². The number of aromatic nitrogens is 2. The summed E-state index contributed by atoms with van der Waals surface area (Å²) in [6, 6.07) is 5.99. The Morgan fingerprint density at radius 1 is 1.21 bits per heavy atom. The molecule has 1 aromatic heterocycles. The van der Waals surface area contributed by atoms with Gasteiger partial charge in [0.15, 0.2) is 0 Å². The molecule has 0 bridgehead atoms. The molecule has 0 atom stereocenters. The van der Waals surface area contributed by atoms with E-state index in [1.54, 1.807) is 0 Å². The van der Waals surface area contributed by atoms with E-state index in [1.165, 1.54) is 0 Å². The molecule has 0 N–H and O–H groups in total. The minimum absolute atomic E-state index is 0.141. The number of benzene rings is 1. The molecular formula is C10H9ClN2O. The van der Waals surface area contributed by atoms with Crippen LogP contribution in [0.15, 0.2) is 22.7 Å². The van der Waals surface area contributed by atoms with E-state index >= 15 is 0 Å². The zero-order valence-electron chi connectivity index (χ0n) is 7.91. The first-order valence-corrected chi connectivity index (χ1v) is 4.62. The quantitative estimate of drug-likeness (QED) is 0.723. The maximum absolute atomic E-state index is 5.60. The molecule has 0 spiro atoms. The summed E-state index contributed by atoms with van der Waals surface area (Å²) in [6.07, 6.45) is 0. The number of hydrogen-bond acceptors (Lipinski definition) is 3. The molecule has 0 aliphatic heterocycles. The molecule has 0 amide bonds. The highest BCUT2D eigenvalue weighted by molar-refractivity contribution is 6.28. The third-order valence-corrected chi connectivity index (χ3v) is 2.25. The van der Waals surface area contributed by atoms with E-state index in [1.807, 2.05) is 32.0 Å². The van der Waals surface area contributed by atoms with E-state index in [0.717, 1.165) is 16.7 Å². The lowest BCUT2D eigenvalue weighted by atomic mass is 10.0. The van der Waals surface area contributed by atoms with Gasteiger partial charge >= 0.3 is 0 Å². The van der Waals surface area contributed by atoms with Gasteiger partial charge in [0, 0.05) is 5.56 Å². The van der Waals surface area contributed by atoms with Crippen molar-refractivity contribution in [3.8, 4) is 11.5 Å². The molecule has 2 aromatic rings. The van der Waals surface area contributed by atoms with Crippen molar-refractivity contribution >= 4 is 11.6 Å². The van der Waals surface area contributed by atoms with Crippen LogP contribution < -0.4 is 0 Å². The Hall–Kier alpha value is -1.35. The van der Waals surface area contributed by atoms with Crippen LogP contribution in [-0.2, 0) is 0 Å². The first-order chi connectivity index (χ1) is 6.68. The number of halogens is 1. The van der Waals surface area contributed by atoms with E-state index in [0.29, 0.717) is 5.89 Å². The fraction of sp³-hybridized carbons (Fsp3) is 0.200. The maximum Gasteiger partial charge on any atom is 0.264 e. The number of hydrogen-bond donors (Lipinski definition) is 0. The van der Waals surface area contributed by atoms with Gasteiger partial charge in [0.25, 0.3) is 11.2 Å². The van der Waals surface area contributed by atoms with E-state index in [-0.39, 0.29) is 5.28 Å². The second-order valence-corrected chi connectivity index (χ2v) is 3.47. The molecule has 14 heavy (non-hydrogen) atoms. The van der Waals surface area contributed by atoms with Crippen molar-refractivity contribution in [2.45, 2.75) is 13.8 Å². The van der Waals surface area contributed by atoms with Gasteiger partial charge in [0.2, 0.25) is 0 Å². The Morgan fingerprint density at radius 3 is 2.36 bits per heavy atom. The third-order valence-electron chi connectivity index (χ3n) is 2.10. The fourth-order valence-corrected chi connectivity index (χ4v) is 1.57.